The van der Waals surface area contributed by atoms with E-state index in [-0.39, 0.29) is 10.9 Å². The molecule has 1 aromatic rings. The van der Waals surface area contributed by atoms with Gasteiger partial charge in [0.1, 0.15) is 5.75 Å². The molecule has 0 saturated heterocycles. The molecule has 0 aliphatic heterocycles. The van der Waals surface area contributed by atoms with Crippen molar-refractivity contribution in [2.45, 2.75) is 58.4 Å². The van der Waals surface area contributed by atoms with Gasteiger partial charge in [-0.15, -0.1) is 0 Å². The molecular formula is C17H29NOS. The summed E-state index contributed by atoms with van der Waals surface area (Å²) in [5.41, 5.74) is 1.26. The molecule has 0 aliphatic rings. The van der Waals surface area contributed by atoms with Crippen LogP contribution >= 0.6 is 11.8 Å². The van der Waals surface area contributed by atoms with Crippen LogP contribution in [0.4, 0.5) is 0 Å². The minimum absolute atomic E-state index is 0.202. The van der Waals surface area contributed by atoms with Gasteiger partial charge >= 0.3 is 0 Å². The molecule has 0 spiro atoms. The first-order chi connectivity index (χ1) is 9.33. The Hall–Kier alpha value is -0.670. The van der Waals surface area contributed by atoms with Crippen LogP contribution < -0.4 is 10.1 Å². The fourth-order valence-electron chi connectivity index (χ4n) is 1.97. The molecule has 20 heavy (non-hydrogen) atoms. The van der Waals surface area contributed by atoms with E-state index in [4.69, 9.17) is 4.74 Å². The molecule has 0 amide bonds. The summed E-state index contributed by atoms with van der Waals surface area (Å²) in [6.45, 7) is 14.0. The standard InChI is InChI=1S/C17H29NOS/c1-7-18-15(12-20-17(4,5)6)14-10-8-9-11-16(14)19-13(2)3/h8-11,13,15,18H,7,12H2,1-6H3. The smallest absolute Gasteiger partial charge is 0.124 e. The maximum absolute atomic E-state index is 5.96. The van der Waals surface area contributed by atoms with Gasteiger partial charge in [0.05, 0.1) is 6.10 Å². The van der Waals surface area contributed by atoms with Crippen LogP contribution in [0.25, 0.3) is 0 Å². The molecule has 0 fully saturated rings. The molecule has 1 unspecified atom stereocenters. The van der Waals surface area contributed by atoms with E-state index in [1.54, 1.807) is 0 Å². The van der Waals surface area contributed by atoms with E-state index in [0.717, 1.165) is 18.0 Å². The number of rotatable bonds is 7. The molecule has 1 atom stereocenters. The van der Waals surface area contributed by atoms with Crippen molar-refractivity contribution >= 4 is 11.8 Å². The SMILES string of the molecule is CCNC(CSC(C)(C)C)c1ccccc1OC(C)C. The molecule has 1 rings (SSSR count). The normalized spacial score (nSPS) is 13.6. The van der Waals surface area contributed by atoms with E-state index in [1.165, 1.54) is 5.56 Å². The third-order valence-corrected chi connectivity index (χ3v) is 4.16. The van der Waals surface area contributed by atoms with Crippen molar-refractivity contribution < 1.29 is 4.74 Å². The lowest BCUT2D eigenvalue weighted by molar-refractivity contribution is 0.238. The van der Waals surface area contributed by atoms with Gasteiger partial charge < -0.3 is 10.1 Å². The molecule has 0 saturated carbocycles. The van der Waals surface area contributed by atoms with Gasteiger partial charge in [0, 0.05) is 22.1 Å². The monoisotopic (exact) mass is 295 g/mol. The predicted octanol–water partition coefficient (Wildman–Crippen LogP) is 4.66. The number of para-hydroxylation sites is 1. The molecule has 0 bridgehead atoms. The van der Waals surface area contributed by atoms with Crippen molar-refractivity contribution in [2.75, 3.05) is 12.3 Å². The van der Waals surface area contributed by atoms with E-state index in [9.17, 15) is 0 Å². The third-order valence-electron chi connectivity index (χ3n) is 2.79. The molecule has 0 aliphatic carbocycles. The number of hydrogen-bond acceptors (Lipinski definition) is 3. The minimum Gasteiger partial charge on any atom is -0.491 e. The maximum Gasteiger partial charge on any atom is 0.124 e. The van der Waals surface area contributed by atoms with Crippen molar-refractivity contribution in [3.8, 4) is 5.75 Å². The van der Waals surface area contributed by atoms with Crippen molar-refractivity contribution in [3.63, 3.8) is 0 Å². The van der Waals surface area contributed by atoms with Crippen molar-refractivity contribution in [3.05, 3.63) is 29.8 Å². The molecule has 1 N–H and O–H groups in total. The van der Waals surface area contributed by atoms with Crippen LogP contribution in [0.2, 0.25) is 0 Å². The van der Waals surface area contributed by atoms with Crippen molar-refractivity contribution in [1.29, 1.82) is 0 Å². The topological polar surface area (TPSA) is 21.3 Å². The number of thioether (sulfide) groups is 1. The number of hydrogen-bond donors (Lipinski definition) is 1. The van der Waals surface area contributed by atoms with Crippen LogP contribution in [0, 0.1) is 0 Å². The van der Waals surface area contributed by atoms with Gasteiger partial charge in [-0.25, -0.2) is 0 Å². The lowest BCUT2D eigenvalue weighted by Crippen LogP contribution is -2.26. The number of nitrogens with one attached hydrogen (secondary N) is 1. The fourth-order valence-corrected chi connectivity index (χ4v) is 2.93. The molecule has 1 aromatic carbocycles. The summed E-state index contributed by atoms with van der Waals surface area (Å²) >= 11 is 1.99. The highest BCUT2D eigenvalue weighted by molar-refractivity contribution is 8.00. The van der Waals surface area contributed by atoms with Gasteiger partial charge in [-0.2, -0.15) is 11.8 Å². The predicted molar refractivity (Wildman–Crippen MR) is 90.8 cm³/mol. The molecule has 3 heteroatoms. The van der Waals surface area contributed by atoms with Crippen molar-refractivity contribution in [2.24, 2.45) is 0 Å². The van der Waals surface area contributed by atoms with Crippen molar-refractivity contribution in [1.82, 2.24) is 5.32 Å². The Morgan fingerprint density at radius 1 is 1.20 bits per heavy atom. The van der Waals surface area contributed by atoms with Crippen LogP contribution in [0.15, 0.2) is 24.3 Å². The Morgan fingerprint density at radius 3 is 2.40 bits per heavy atom. The second-order valence-corrected chi connectivity index (χ2v) is 8.08. The fraction of sp³-hybridized carbons (Fsp3) is 0.647. The molecule has 0 radical (unpaired) electrons. The minimum atomic E-state index is 0.202. The number of ether oxygens (including phenoxy) is 1. The summed E-state index contributed by atoms with van der Waals surface area (Å²) in [6.07, 6.45) is 0.202. The second-order valence-electron chi connectivity index (χ2n) is 6.24. The van der Waals surface area contributed by atoms with Gasteiger partial charge in [0.15, 0.2) is 0 Å². The summed E-state index contributed by atoms with van der Waals surface area (Å²) in [5.74, 6) is 2.05. The van der Waals surface area contributed by atoms with Crippen LogP contribution in [0.5, 0.6) is 5.75 Å². The highest BCUT2D eigenvalue weighted by atomic mass is 32.2. The van der Waals surface area contributed by atoms with Crippen LogP contribution in [-0.4, -0.2) is 23.1 Å². The first kappa shape index (κ1) is 17.4. The summed E-state index contributed by atoms with van der Waals surface area (Å²) in [6, 6.07) is 8.71. The first-order valence-electron chi connectivity index (χ1n) is 7.46. The average Bonchev–Trinajstić information content (AvgIpc) is 2.33. The highest BCUT2D eigenvalue weighted by Crippen LogP contribution is 2.32. The summed E-state index contributed by atoms with van der Waals surface area (Å²) < 4.78 is 6.23. The van der Waals surface area contributed by atoms with Gasteiger partial charge in [-0.1, -0.05) is 45.9 Å². The molecule has 114 valence electrons. The average molecular weight is 295 g/mol. The van der Waals surface area contributed by atoms with Gasteiger partial charge in [-0.05, 0) is 26.5 Å². The first-order valence-corrected chi connectivity index (χ1v) is 8.45. The van der Waals surface area contributed by atoms with Gasteiger partial charge in [-0.3, -0.25) is 0 Å². The maximum atomic E-state index is 5.96. The Morgan fingerprint density at radius 2 is 1.85 bits per heavy atom. The summed E-state index contributed by atoms with van der Waals surface area (Å²) in [5, 5.41) is 3.58. The van der Waals surface area contributed by atoms with E-state index >= 15 is 0 Å². The zero-order valence-electron chi connectivity index (χ0n) is 13.7. The Balaban J connectivity index is 2.90. The Labute approximate surface area is 128 Å². The lowest BCUT2D eigenvalue weighted by Gasteiger charge is -2.26. The van der Waals surface area contributed by atoms with E-state index in [0.29, 0.717) is 6.04 Å². The van der Waals surface area contributed by atoms with E-state index in [1.807, 2.05) is 17.8 Å². The largest absolute Gasteiger partial charge is 0.491 e. The van der Waals surface area contributed by atoms with Crippen LogP contribution in [-0.2, 0) is 0 Å². The molecule has 2 nitrogen and oxygen atoms in total. The molecule has 0 heterocycles. The lowest BCUT2D eigenvalue weighted by atomic mass is 10.1. The Kier molecular flexibility index (Phi) is 6.90. The highest BCUT2D eigenvalue weighted by Gasteiger charge is 2.19. The zero-order valence-corrected chi connectivity index (χ0v) is 14.5. The third kappa shape index (κ3) is 6.19. The quantitative estimate of drug-likeness (QED) is 0.790. The Bertz CT molecular complexity index is 398. The van der Waals surface area contributed by atoms with E-state index in [2.05, 4.69) is 65.1 Å². The van der Waals surface area contributed by atoms with E-state index < -0.39 is 0 Å². The summed E-state index contributed by atoms with van der Waals surface area (Å²) in [4.78, 5) is 0. The van der Waals surface area contributed by atoms with Gasteiger partial charge in [0.25, 0.3) is 0 Å². The number of benzene rings is 1. The molecular weight excluding hydrogens is 266 g/mol. The molecule has 0 aromatic heterocycles. The second kappa shape index (κ2) is 7.94. The van der Waals surface area contributed by atoms with Gasteiger partial charge in [0.2, 0.25) is 0 Å². The van der Waals surface area contributed by atoms with Crippen LogP contribution in [0.3, 0.4) is 0 Å². The summed E-state index contributed by atoms with van der Waals surface area (Å²) in [7, 11) is 0. The van der Waals surface area contributed by atoms with Crippen LogP contribution in [0.1, 0.15) is 53.1 Å². The zero-order chi connectivity index (χ0) is 15.2.